The summed E-state index contributed by atoms with van der Waals surface area (Å²) < 4.78 is 46.7. The molecule has 11 heteroatoms. The van der Waals surface area contributed by atoms with Gasteiger partial charge in [0.2, 0.25) is 0 Å². The van der Waals surface area contributed by atoms with Crippen LogP contribution in [0.25, 0.3) is 0 Å². The molecular weight excluding hydrogens is 450 g/mol. The van der Waals surface area contributed by atoms with E-state index in [0.29, 0.717) is 17.8 Å². The third kappa shape index (κ3) is 7.96. The first kappa shape index (κ1) is 26.5. The number of halogens is 2. The van der Waals surface area contributed by atoms with E-state index < -0.39 is 29.2 Å². The molecule has 0 aromatic heterocycles. The van der Waals surface area contributed by atoms with E-state index in [1.165, 1.54) is 24.3 Å². The summed E-state index contributed by atoms with van der Waals surface area (Å²) in [5, 5.41) is -0.225. The van der Waals surface area contributed by atoms with Gasteiger partial charge >= 0.3 is 17.2 Å². The summed E-state index contributed by atoms with van der Waals surface area (Å²) in [7, 11) is 1.04. The highest BCUT2D eigenvalue weighted by atomic mass is 32.2. The van der Waals surface area contributed by atoms with Crippen LogP contribution < -0.4 is 4.74 Å². The molecule has 3 atom stereocenters. The average Bonchev–Trinajstić information content (AvgIpc) is 2.74. The van der Waals surface area contributed by atoms with Crippen LogP contribution in [0.1, 0.15) is 50.4 Å². The van der Waals surface area contributed by atoms with Gasteiger partial charge in [-0.25, -0.2) is 14.5 Å². The van der Waals surface area contributed by atoms with E-state index in [-0.39, 0.29) is 24.2 Å². The zero-order valence-corrected chi connectivity index (χ0v) is 19.2. The second-order valence-corrected chi connectivity index (χ2v) is 8.71. The van der Waals surface area contributed by atoms with Crippen molar-refractivity contribution >= 4 is 24.0 Å². The first-order valence-electron chi connectivity index (χ1n) is 10.2. The summed E-state index contributed by atoms with van der Waals surface area (Å²) in [6.07, 6.45) is 3.20. The summed E-state index contributed by atoms with van der Waals surface area (Å²) in [6, 6.07) is 4.97. The van der Waals surface area contributed by atoms with Crippen molar-refractivity contribution in [2.24, 2.45) is 17.8 Å². The number of rotatable bonds is 11. The van der Waals surface area contributed by atoms with Crippen molar-refractivity contribution in [2.75, 3.05) is 13.9 Å². The van der Waals surface area contributed by atoms with Gasteiger partial charge in [0.1, 0.15) is 17.8 Å². The molecule has 1 aliphatic rings. The van der Waals surface area contributed by atoms with Crippen LogP contribution in [-0.4, -0.2) is 37.2 Å². The zero-order valence-electron chi connectivity index (χ0n) is 18.4. The Bertz CT molecular complexity index is 744. The standard InChI is InChI=1S/C21H28F2O8S/c1-13(2)17-10-5-14(3)11-18(17)27-12-28-19(24)15-6-8-16(9-7-15)29-20(25)21(22,23)32-31-30-26-4/h6-9,13-14,17-18H,5,10-12H2,1-4H3. The maximum absolute atomic E-state index is 13.6. The fourth-order valence-corrected chi connectivity index (χ4v) is 3.79. The largest absolute Gasteiger partial charge is 0.435 e. The highest BCUT2D eigenvalue weighted by Gasteiger charge is 2.44. The molecule has 0 aliphatic heterocycles. The Kier molecular flexibility index (Phi) is 10.3. The van der Waals surface area contributed by atoms with Gasteiger partial charge in [-0.15, -0.1) is 4.33 Å². The summed E-state index contributed by atoms with van der Waals surface area (Å²) in [5.74, 6) is -1.26. The summed E-state index contributed by atoms with van der Waals surface area (Å²) >= 11 is -0.582. The fraction of sp³-hybridized carbons (Fsp3) is 0.619. The topological polar surface area (TPSA) is 89.5 Å². The van der Waals surface area contributed by atoms with Crippen molar-refractivity contribution in [3.8, 4) is 5.75 Å². The van der Waals surface area contributed by atoms with E-state index in [1.54, 1.807) is 0 Å². The van der Waals surface area contributed by atoms with E-state index >= 15 is 0 Å². The maximum atomic E-state index is 13.6. The molecule has 0 N–H and O–H groups in total. The van der Waals surface area contributed by atoms with E-state index in [0.717, 1.165) is 26.4 Å². The molecule has 1 saturated carbocycles. The SMILES string of the molecule is COOOSC(F)(F)C(=O)Oc1ccc(C(=O)OCOC2CC(C)CCC2C(C)C)cc1. The van der Waals surface area contributed by atoms with Gasteiger partial charge in [0.25, 0.3) is 0 Å². The Morgan fingerprint density at radius 3 is 2.50 bits per heavy atom. The molecule has 1 fully saturated rings. The molecule has 0 spiro atoms. The lowest BCUT2D eigenvalue weighted by Crippen LogP contribution is -2.35. The lowest BCUT2D eigenvalue weighted by Gasteiger charge is -2.36. The molecule has 0 bridgehead atoms. The fourth-order valence-electron chi connectivity index (χ4n) is 3.51. The van der Waals surface area contributed by atoms with Gasteiger partial charge in [0, 0.05) is 0 Å². The maximum Gasteiger partial charge on any atom is 0.416 e. The predicted molar refractivity (Wildman–Crippen MR) is 110 cm³/mol. The Balaban J connectivity index is 1.83. The van der Waals surface area contributed by atoms with Gasteiger partial charge < -0.3 is 14.2 Å². The quantitative estimate of drug-likeness (QED) is 0.0835. The highest BCUT2D eigenvalue weighted by molar-refractivity contribution is 7.96. The minimum atomic E-state index is -4.04. The van der Waals surface area contributed by atoms with Crippen molar-refractivity contribution in [1.29, 1.82) is 0 Å². The third-order valence-corrected chi connectivity index (χ3v) is 5.71. The van der Waals surface area contributed by atoms with Gasteiger partial charge in [-0.05, 0) is 54.9 Å². The van der Waals surface area contributed by atoms with E-state index in [4.69, 9.17) is 9.47 Å². The number of carbonyl (C=O) groups excluding carboxylic acids is 2. The Hall–Kier alpha value is -1.79. The molecule has 1 aromatic rings. The third-order valence-electron chi connectivity index (χ3n) is 5.21. The molecule has 180 valence electrons. The van der Waals surface area contributed by atoms with Crippen LogP contribution in [0.5, 0.6) is 5.75 Å². The van der Waals surface area contributed by atoms with Gasteiger partial charge in [-0.2, -0.15) is 8.78 Å². The zero-order chi connectivity index (χ0) is 23.7. The average molecular weight is 479 g/mol. The van der Waals surface area contributed by atoms with Crippen molar-refractivity contribution < 1.29 is 46.8 Å². The predicted octanol–water partition coefficient (Wildman–Crippen LogP) is 4.93. The number of alkyl halides is 2. The van der Waals surface area contributed by atoms with Crippen LogP contribution in [-0.2, 0) is 28.5 Å². The lowest BCUT2D eigenvalue weighted by atomic mass is 9.75. The highest BCUT2D eigenvalue weighted by Crippen LogP contribution is 2.35. The number of hydrogen-bond acceptors (Lipinski definition) is 9. The van der Waals surface area contributed by atoms with Crippen LogP contribution in [0.15, 0.2) is 24.3 Å². The van der Waals surface area contributed by atoms with E-state index in [2.05, 4.69) is 39.8 Å². The second kappa shape index (κ2) is 12.4. The lowest BCUT2D eigenvalue weighted by molar-refractivity contribution is -0.448. The number of carbonyl (C=O) groups is 2. The van der Waals surface area contributed by atoms with Crippen LogP contribution in [0, 0.1) is 17.8 Å². The molecule has 0 heterocycles. The molecular formula is C21H28F2O8S. The summed E-state index contributed by atoms with van der Waals surface area (Å²) in [4.78, 5) is 27.8. The summed E-state index contributed by atoms with van der Waals surface area (Å²) in [5.41, 5.74) is 0.156. The number of hydrogen-bond donors (Lipinski definition) is 0. The van der Waals surface area contributed by atoms with Crippen LogP contribution >= 0.6 is 12.0 Å². The molecule has 1 aliphatic carbocycles. The van der Waals surface area contributed by atoms with Crippen LogP contribution in [0.2, 0.25) is 0 Å². The normalized spacial score (nSPS) is 21.4. The Labute approximate surface area is 189 Å². The number of esters is 2. The van der Waals surface area contributed by atoms with Crippen molar-refractivity contribution in [2.45, 2.75) is 51.4 Å². The minimum Gasteiger partial charge on any atom is -0.435 e. The molecule has 1 aromatic carbocycles. The molecule has 2 rings (SSSR count). The van der Waals surface area contributed by atoms with Crippen molar-refractivity contribution in [1.82, 2.24) is 0 Å². The molecule has 32 heavy (non-hydrogen) atoms. The van der Waals surface area contributed by atoms with Gasteiger partial charge in [-0.3, -0.25) is 0 Å². The van der Waals surface area contributed by atoms with E-state index in [9.17, 15) is 18.4 Å². The molecule has 0 amide bonds. The molecule has 0 saturated heterocycles. The minimum absolute atomic E-state index is 0.0335. The van der Waals surface area contributed by atoms with Gasteiger partial charge in [0.05, 0.1) is 18.8 Å². The van der Waals surface area contributed by atoms with Crippen molar-refractivity contribution in [3.63, 3.8) is 0 Å². The van der Waals surface area contributed by atoms with Gasteiger partial charge in [-0.1, -0.05) is 32.2 Å². The second-order valence-electron chi connectivity index (χ2n) is 7.90. The van der Waals surface area contributed by atoms with Crippen LogP contribution in [0.4, 0.5) is 8.78 Å². The Morgan fingerprint density at radius 2 is 1.88 bits per heavy atom. The molecule has 3 unspecified atom stereocenters. The monoisotopic (exact) mass is 478 g/mol. The smallest absolute Gasteiger partial charge is 0.416 e. The number of ether oxygens (including phenoxy) is 3. The van der Waals surface area contributed by atoms with Crippen molar-refractivity contribution in [3.05, 3.63) is 29.8 Å². The van der Waals surface area contributed by atoms with Crippen LogP contribution in [0.3, 0.4) is 0 Å². The first-order chi connectivity index (χ1) is 15.1. The molecule has 0 radical (unpaired) electrons. The Morgan fingerprint density at radius 1 is 1.19 bits per heavy atom. The molecule has 8 nitrogen and oxygen atoms in total. The first-order valence-corrected chi connectivity index (χ1v) is 10.9. The number of benzene rings is 1. The van der Waals surface area contributed by atoms with E-state index in [1.807, 2.05) is 0 Å². The summed E-state index contributed by atoms with van der Waals surface area (Å²) in [6.45, 7) is 6.32. The van der Waals surface area contributed by atoms with Gasteiger partial charge in [0.15, 0.2) is 6.79 Å².